The molecule has 0 saturated carbocycles. The molecule has 2 N–H and O–H groups in total. The van der Waals surface area contributed by atoms with Gasteiger partial charge in [-0.05, 0) is 17.7 Å². The molecule has 0 unspecified atom stereocenters. The topological polar surface area (TPSA) is 55.6 Å². The Labute approximate surface area is 118 Å². The highest BCUT2D eigenvalue weighted by Crippen LogP contribution is 2.25. The van der Waals surface area contributed by atoms with Crippen molar-refractivity contribution < 1.29 is 9.53 Å². The van der Waals surface area contributed by atoms with E-state index in [0.717, 1.165) is 12.2 Å². The number of nitrogens with zero attached hydrogens (tertiary/aromatic N) is 1. The van der Waals surface area contributed by atoms with Gasteiger partial charge < -0.3 is 15.4 Å². The number of hydrogen-bond acceptors (Lipinski definition) is 3. The molecular formula is C16H18N2O2. The largest absolute Gasteiger partial charge is 0.496 e. The number of hydrogen-bond donors (Lipinski definition) is 1. The lowest BCUT2D eigenvalue weighted by Gasteiger charge is -2.20. The average molecular weight is 270 g/mol. The lowest BCUT2D eigenvalue weighted by Crippen LogP contribution is -2.17. The van der Waals surface area contributed by atoms with Gasteiger partial charge in [0.15, 0.2) is 0 Å². The van der Waals surface area contributed by atoms with Crippen molar-refractivity contribution in [3.8, 4) is 5.75 Å². The van der Waals surface area contributed by atoms with Crippen LogP contribution < -0.4 is 15.4 Å². The molecule has 2 aromatic rings. The summed E-state index contributed by atoms with van der Waals surface area (Å²) in [5, 5.41) is 0. The first-order chi connectivity index (χ1) is 9.61. The second kappa shape index (κ2) is 6.10. The lowest BCUT2D eigenvalue weighted by molar-refractivity contribution is 0.0997. The van der Waals surface area contributed by atoms with E-state index in [4.69, 9.17) is 10.5 Å². The van der Waals surface area contributed by atoms with E-state index in [-0.39, 0.29) is 0 Å². The molecule has 1 amide bonds. The van der Waals surface area contributed by atoms with E-state index in [2.05, 4.69) is 17.0 Å². The van der Waals surface area contributed by atoms with Crippen molar-refractivity contribution in [3.63, 3.8) is 0 Å². The van der Waals surface area contributed by atoms with E-state index in [1.165, 1.54) is 12.7 Å². The van der Waals surface area contributed by atoms with Crippen molar-refractivity contribution in [1.29, 1.82) is 0 Å². The average Bonchev–Trinajstić information content (AvgIpc) is 2.47. The maximum atomic E-state index is 11.3. The van der Waals surface area contributed by atoms with Crippen LogP contribution in [-0.2, 0) is 6.54 Å². The van der Waals surface area contributed by atoms with Crippen LogP contribution in [0.2, 0.25) is 0 Å². The summed E-state index contributed by atoms with van der Waals surface area (Å²) in [6.07, 6.45) is 0. The first-order valence-electron chi connectivity index (χ1n) is 6.34. The third-order valence-electron chi connectivity index (χ3n) is 3.15. The Bertz CT molecular complexity index is 597. The zero-order chi connectivity index (χ0) is 14.5. The number of methoxy groups -OCH3 is 1. The maximum absolute atomic E-state index is 11.3. The van der Waals surface area contributed by atoms with E-state index in [0.29, 0.717) is 11.3 Å². The molecule has 0 radical (unpaired) electrons. The fourth-order valence-electron chi connectivity index (χ4n) is 2.07. The number of carbonyl (C=O) groups is 1. The molecule has 20 heavy (non-hydrogen) atoms. The molecule has 2 rings (SSSR count). The van der Waals surface area contributed by atoms with Gasteiger partial charge in [-0.15, -0.1) is 0 Å². The highest BCUT2D eigenvalue weighted by molar-refractivity contribution is 5.96. The Hall–Kier alpha value is -2.49. The summed E-state index contributed by atoms with van der Waals surface area (Å²) in [4.78, 5) is 13.4. The van der Waals surface area contributed by atoms with Gasteiger partial charge in [0, 0.05) is 25.3 Å². The summed E-state index contributed by atoms with van der Waals surface area (Å²) < 4.78 is 5.22. The van der Waals surface area contributed by atoms with Crippen LogP contribution in [-0.4, -0.2) is 20.1 Å². The minimum Gasteiger partial charge on any atom is -0.496 e. The molecule has 0 aliphatic carbocycles. The summed E-state index contributed by atoms with van der Waals surface area (Å²) in [7, 11) is 3.52. The lowest BCUT2D eigenvalue weighted by atomic mass is 10.1. The fraction of sp³-hybridized carbons (Fsp3) is 0.188. The van der Waals surface area contributed by atoms with Crippen molar-refractivity contribution in [2.75, 3.05) is 19.1 Å². The number of benzene rings is 2. The molecule has 0 aromatic heterocycles. The molecule has 0 aliphatic rings. The SMILES string of the molecule is COc1cc(N(C)Cc2ccccc2)ccc1C(N)=O. The Morgan fingerprint density at radius 2 is 1.90 bits per heavy atom. The summed E-state index contributed by atoms with van der Waals surface area (Å²) in [6, 6.07) is 15.6. The molecule has 0 fully saturated rings. The van der Waals surface area contributed by atoms with Gasteiger partial charge in [-0.2, -0.15) is 0 Å². The van der Waals surface area contributed by atoms with Gasteiger partial charge in [0.25, 0.3) is 5.91 Å². The number of nitrogens with two attached hydrogens (primary N) is 1. The minimum atomic E-state index is -0.487. The van der Waals surface area contributed by atoms with Crippen molar-refractivity contribution in [3.05, 3.63) is 59.7 Å². The van der Waals surface area contributed by atoms with E-state index in [9.17, 15) is 4.79 Å². The van der Waals surface area contributed by atoms with Gasteiger partial charge in [-0.3, -0.25) is 4.79 Å². The molecule has 0 saturated heterocycles. The zero-order valence-corrected chi connectivity index (χ0v) is 11.7. The van der Waals surface area contributed by atoms with Crippen LogP contribution in [0, 0.1) is 0 Å². The molecule has 4 nitrogen and oxygen atoms in total. The summed E-state index contributed by atoms with van der Waals surface area (Å²) >= 11 is 0. The summed E-state index contributed by atoms with van der Waals surface area (Å²) in [5.41, 5.74) is 7.88. The number of rotatable bonds is 5. The summed E-state index contributed by atoms with van der Waals surface area (Å²) in [5.74, 6) is 0.00836. The second-order valence-corrected chi connectivity index (χ2v) is 4.59. The van der Waals surface area contributed by atoms with Crippen LogP contribution in [0.25, 0.3) is 0 Å². The van der Waals surface area contributed by atoms with E-state index >= 15 is 0 Å². The number of carbonyl (C=O) groups excluding carboxylic acids is 1. The van der Waals surface area contributed by atoms with Crippen LogP contribution in [0.1, 0.15) is 15.9 Å². The number of ether oxygens (including phenoxy) is 1. The quantitative estimate of drug-likeness (QED) is 0.907. The van der Waals surface area contributed by atoms with Crippen LogP contribution in [0.15, 0.2) is 48.5 Å². The van der Waals surface area contributed by atoms with E-state index < -0.39 is 5.91 Å². The van der Waals surface area contributed by atoms with Crippen molar-refractivity contribution in [2.24, 2.45) is 5.73 Å². The van der Waals surface area contributed by atoms with Crippen molar-refractivity contribution >= 4 is 11.6 Å². The van der Waals surface area contributed by atoms with Crippen LogP contribution >= 0.6 is 0 Å². The molecule has 0 bridgehead atoms. The Balaban J connectivity index is 2.22. The van der Waals surface area contributed by atoms with Crippen LogP contribution in [0.5, 0.6) is 5.75 Å². The summed E-state index contributed by atoms with van der Waals surface area (Å²) in [6.45, 7) is 0.778. The molecule has 0 heterocycles. The Kier molecular flexibility index (Phi) is 4.25. The third-order valence-corrected chi connectivity index (χ3v) is 3.15. The fourth-order valence-corrected chi connectivity index (χ4v) is 2.07. The second-order valence-electron chi connectivity index (χ2n) is 4.59. The Morgan fingerprint density at radius 3 is 2.50 bits per heavy atom. The van der Waals surface area contributed by atoms with E-state index in [1.807, 2.05) is 37.4 Å². The number of amides is 1. The number of anilines is 1. The zero-order valence-electron chi connectivity index (χ0n) is 11.7. The predicted octanol–water partition coefficient (Wildman–Crippen LogP) is 2.43. The van der Waals surface area contributed by atoms with Gasteiger partial charge in [-0.1, -0.05) is 30.3 Å². The van der Waals surface area contributed by atoms with Crippen LogP contribution in [0.4, 0.5) is 5.69 Å². The predicted molar refractivity (Wildman–Crippen MR) is 80.1 cm³/mol. The number of primary amides is 1. The molecule has 0 atom stereocenters. The van der Waals surface area contributed by atoms with Crippen molar-refractivity contribution in [1.82, 2.24) is 0 Å². The normalized spacial score (nSPS) is 10.1. The Morgan fingerprint density at radius 1 is 1.20 bits per heavy atom. The molecular weight excluding hydrogens is 252 g/mol. The monoisotopic (exact) mass is 270 g/mol. The van der Waals surface area contributed by atoms with Crippen LogP contribution in [0.3, 0.4) is 0 Å². The molecule has 2 aromatic carbocycles. The standard InChI is InChI=1S/C16H18N2O2/c1-18(11-12-6-4-3-5-7-12)13-8-9-14(16(17)19)15(10-13)20-2/h3-10H,11H2,1-2H3,(H2,17,19). The van der Waals surface area contributed by atoms with Gasteiger partial charge in [0.05, 0.1) is 12.7 Å². The van der Waals surface area contributed by atoms with Gasteiger partial charge in [-0.25, -0.2) is 0 Å². The molecule has 104 valence electrons. The highest BCUT2D eigenvalue weighted by atomic mass is 16.5. The van der Waals surface area contributed by atoms with Gasteiger partial charge in [0.2, 0.25) is 0 Å². The van der Waals surface area contributed by atoms with Gasteiger partial charge >= 0.3 is 0 Å². The smallest absolute Gasteiger partial charge is 0.252 e. The van der Waals surface area contributed by atoms with Gasteiger partial charge in [0.1, 0.15) is 5.75 Å². The minimum absolute atomic E-state index is 0.393. The van der Waals surface area contributed by atoms with E-state index in [1.54, 1.807) is 6.07 Å². The molecule has 4 heteroatoms. The molecule has 0 aliphatic heterocycles. The third kappa shape index (κ3) is 3.09. The highest BCUT2D eigenvalue weighted by Gasteiger charge is 2.11. The first-order valence-corrected chi connectivity index (χ1v) is 6.34. The molecule has 0 spiro atoms. The van der Waals surface area contributed by atoms with Crippen molar-refractivity contribution in [2.45, 2.75) is 6.54 Å². The maximum Gasteiger partial charge on any atom is 0.252 e. The first kappa shape index (κ1) is 13.9.